The van der Waals surface area contributed by atoms with Crippen molar-refractivity contribution in [1.29, 1.82) is 0 Å². The van der Waals surface area contributed by atoms with Crippen LogP contribution in [0.4, 0.5) is 0 Å². The van der Waals surface area contributed by atoms with Gasteiger partial charge in [0.25, 0.3) is 0 Å². The van der Waals surface area contributed by atoms with Crippen molar-refractivity contribution < 1.29 is 4.79 Å². The van der Waals surface area contributed by atoms with E-state index in [1.54, 1.807) is 5.01 Å². The van der Waals surface area contributed by atoms with Crippen LogP contribution in [-0.4, -0.2) is 16.6 Å². The van der Waals surface area contributed by atoms with Crippen LogP contribution in [0.5, 0.6) is 0 Å². The summed E-state index contributed by atoms with van der Waals surface area (Å²) in [6.45, 7) is 6.78. The molecule has 2 rings (SSSR count). The summed E-state index contributed by atoms with van der Waals surface area (Å²) in [5.41, 5.74) is 3.33. The van der Waals surface area contributed by atoms with E-state index in [1.165, 1.54) is 5.56 Å². The third kappa shape index (κ3) is 2.73. The molecule has 1 heterocycles. The van der Waals surface area contributed by atoms with Gasteiger partial charge in [0.05, 0.1) is 18.7 Å². The number of benzene rings is 1. The molecular formula is C14H18N2O. The summed E-state index contributed by atoms with van der Waals surface area (Å²) in [6.07, 6.45) is 0.476. The Kier molecular flexibility index (Phi) is 3.27. The number of hydrogen-bond donors (Lipinski definition) is 0. The molecule has 0 bridgehead atoms. The second-order valence-corrected chi connectivity index (χ2v) is 4.86. The highest BCUT2D eigenvalue weighted by molar-refractivity contribution is 6.05. The van der Waals surface area contributed by atoms with Crippen molar-refractivity contribution in [2.45, 2.75) is 33.7 Å². The maximum absolute atomic E-state index is 11.8. The molecule has 1 aromatic carbocycles. The van der Waals surface area contributed by atoms with Crippen molar-refractivity contribution in [3.63, 3.8) is 0 Å². The zero-order valence-electron chi connectivity index (χ0n) is 10.6. The molecule has 0 spiro atoms. The average molecular weight is 230 g/mol. The van der Waals surface area contributed by atoms with E-state index in [2.05, 4.69) is 38.0 Å². The molecule has 1 amide bonds. The molecule has 90 valence electrons. The Labute approximate surface area is 102 Å². The molecule has 1 aliphatic rings. The smallest absolute Gasteiger partial charge is 0.248 e. The van der Waals surface area contributed by atoms with E-state index in [-0.39, 0.29) is 5.91 Å². The van der Waals surface area contributed by atoms with Crippen molar-refractivity contribution in [2.75, 3.05) is 0 Å². The van der Waals surface area contributed by atoms with Gasteiger partial charge in [-0.25, -0.2) is 5.01 Å². The Balaban J connectivity index is 2.12. The number of nitrogens with zero attached hydrogens (tertiary/aromatic N) is 2. The highest BCUT2D eigenvalue weighted by Crippen LogP contribution is 2.17. The van der Waals surface area contributed by atoms with Crippen LogP contribution in [0.25, 0.3) is 0 Å². The molecule has 1 aromatic rings. The van der Waals surface area contributed by atoms with Crippen LogP contribution < -0.4 is 0 Å². The van der Waals surface area contributed by atoms with E-state index in [0.29, 0.717) is 18.9 Å². The van der Waals surface area contributed by atoms with E-state index >= 15 is 0 Å². The van der Waals surface area contributed by atoms with E-state index in [4.69, 9.17) is 0 Å². The molecule has 0 aromatic heterocycles. The molecule has 0 fully saturated rings. The number of hydrazone groups is 1. The number of amides is 1. The Morgan fingerprint density at radius 1 is 1.41 bits per heavy atom. The maximum Gasteiger partial charge on any atom is 0.248 e. The van der Waals surface area contributed by atoms with Gasteiger partial charge >= 0.3 is 0 Å². The van der Waals surface area contributed by atoms with E-state index in [0.717, 1.165) is 11.3 Å². The van der Waals surface area contributed by atoms with E-state index in [1.807, 2.05) is 12.1 Å². The van der Waals surface area contributed by atoms with Gasteiger partial charge in [0.1, 0.15) is 0 Å². The molecule has 3 nitrogen and oxygen atoms in total. The van der Waals surface area contributed by atoms with Crippen molar-refractivity contribution in [1.82, 2.24) is 5.01 Å². The molecule has 0 aliphatic carbocycles. The second kappa shape index (κ2) is 4.70. The minimum absolute atomic E-state index is 0.107. The molecule has 1 aliphatic heterocycles. The Hall–Kier alpha value is -1.64. The molecule has 0 saturated heterocycles. The fraction of sp³-hybridized carbons (Fsp3) is 0.429. The summed E-state index contributed by atoms with van der Waals surface area (Å²) >= 11 is 0. The van der Waals surface area contributed by atoms with Crippen molar-refractivity contribution in [3.8, 4) is 0 Å². The lowest BCUT2D eigenvalue weighted by molar-refractivity contribution is -0.129. The minimum atomic E-state index is 0.107. The van der Waals surface area contributed by atoms with Gasteiger partial charge in [-0.1, -0.05) is 43.7 Å². The van der Waals surface area contributed by atoms with Crippen LogP contribution in [0.1, 0.15) is 31.4 Å². The number of aryl methyl sites for hydroxylation is 1. The Morgan fingerprint density at radius 3 is 2.76 bits per heavy atom. The van der Waals surface area contributed by atoms with Gasteiger partial charge in [0.2, 0.25) is 5.91 Å². The third-order valence-corrected chi connectivity index (χ3v) is 2.95. The standard InChI is InChI=1S/C14H18N2O/c1-10(2)13-8-14(17)16(15-13)9-12-6-4-5-11(3)7-12/h4-7,10H,8-9H2,1-3H3. The molecule has 0 radical (unpaired) electrons. The summed E-state index contributed by atoms with van der Waals surface area (Å²) in [5, 5.41) is 5.98. The lowest BCUT2D eigenvalue weighted by Gasteiger charge is -2.12. The zero-order chi connectivity index (χ0) is 12.4. The van der Waals surface area contributed by atoms with Gasteiger partial charge in [-0.2, -0.15) is 5.10 Å². The molecule has 0 atom stereocenters. The molecule has 17 heavy (non-hydrogen) atoms. The monoisotopic (exact) mass is 230 g/mol. The molecule has 3 heteroatoms. The normalized spacial score (nSPS) is 15.6. The van der Waals surface area contributed by atoms with Gasteiger partial charge in [-0.05, 0) is 18.4 Å². The summed E-state index contributed by atoms with van der Waals surface area (Å²) in [6, 6.07) is 8.19. The largest absolute Gasteiger partial charge is 0.273 e. The minimum Gasteiger partial charge on any atom is -0.273 e. The van der Waals surface area contributed by atoms with Crippen LogP contribution in [-0.2, 0) is 11.3 Å². The number of carbonyl (C=O) groups excluding carboxylic acids is 1. The van der Waals surface area contributed by atoms with E-state index < -0.39 is 0 Å². The fourth-order valence-corrected chi connectivity index (χ4v) is 1.92. The summed E-state index contributed by atoms with van der Waals surface area (Å²) < 4.78 is 0. The molecule has 0 saturated carbocycles. The van der Waals surface area contributed by atoms with Crippen molar-refractivity contribution in [3.05, 3.63) is 35.4 Å². The van der Waals surface area contributed by atoms with Crippen LogP contribution in [0, 0.1) is 12.8 Å². The Bertz CT molecular complexity index is 463. The first-order valence-electron chi connectivity index (χ1n) is 5.99. The predicted octanol–water partition coefficient (Wildman–Crippen LogP) is 2.74. The molecule has 0 unspecified atom stereocenters. The van der Waals surface area contributed by atoms with Gasteiger partial charge in [0.15, 0.2) is 0 Å². The molecule has 0 N–H and O–H groups in total. The zero-order valence-corrected chi connectivity index (χ0v) is 10.6. The Morgan fingerprint density at radius 2 is 2.18 bits per heavy atom. The topological polar surface area (TPSA) is 32.7 Å². The predicted molar refractivity (Wildman–Crippen MR) is 68.6 cm³/mol. The van der Waals surface area contributed by atoms with Crippen LogP contribution in [0.2, 0.25) is 0 Å². The summed E-state index contributed by atoms with van der Waals surface area (Å²) in [5.74, 6) is 0.455. The lowest BCUT2D eigenvalue weighted by atomic mass is 10.1. The maximum atomic E-state index is 11.8. The fourth-order valence-electron chi connectivity index (χ4n) is 1.92. The highest BCUT2D eigenvalue weighted by Gasteiger charge is 2.25. The third-order valence-electron chi connectivity index (χ3n) is 2.95. The lowest BCUT2D eigenvalue weighted by Crippen LogP contribution is -2.20. The van der Waals surface area contributed by atoms with Crippen LogP contribution in [0.3, 0.4) is 0 Å². The number of rotatable bonds is 3. The summed E-state index contributed by atoms with van der Waals surface area (Å²) in [4.78, 5) is 11.8. The summed E-state index contributed by atoms with van der Waals surface area (Å²) in [7, 11) is 0. The average Bonchev–Trinajstić information content (AvgIpc) is 2.61. The van der Waals surface area contributed by atoms with Gasteiger partial charge in [-0.3, -0.25) is 4.79 Å². The van der Waals surface area contributed by atoms with Gasteiger partial charge < -0.3 is 0 Å². The van der Waals surface area contributed by atoms with Gasteiger partial charge in [0, 0.05) is 0 Å². The first kappa shape index (κ1) is 11.8. The van der Waals surface area contributed by atoms with E-state index in [9.17, 15) is 4.79 Å². The van der Waals surface area contributed by atoms with Crippen LogP contribution in [0.15, 0.2) is 29.4 Å². The number of hydrogen-bond acceptors (Lipinski definition) is 2. The SMILES string of the molecule is Cc1cccc(CN2N=C(C(C)C)CC2=O)c1. The van der Waals surface area contributed by atoms with Gasteiger partial charge in [-0.15, -0.1) is 0 Å². The van der Waals surface area contributed by atoms with Crippen LogP contribution >= 0.6 is 0 Å². The molecular weight excluding hydrogens is 212 g/mol. The quantitative estimate of drug-likeness (QED) is 0.785. The first-order valence-corrected chi connectivity index (χ1v) is 5.99. The first-order chi connectivity index (χ1) is 8.06. The second-order valence-electron chi connectivity index (χ2n) is 4.86. The highest BCUT2D eigenvalue weighted by atomic mass is 16.2. The number of carbonyl (C=O) groups is 1. The van der Waals surface area contributed by atoms with Crippen molar-refractivity contribution in [2.24, 2.45) is 11.0 Å². The van der Waals surface area contributed by atoms with Crippen molar-refractivity contribution >= 4 is 11.6 Å².